The van der Waals surface area contributed by atoms with E-state index in [1.165, 1.54) is 4.90 Å². The summed E-state index contributed by atoms with van der Waals surface area (Å²) in [6.45, 7) is 17.6. The van der Waals surface area contributed by atoms with E-state index in [0.29, 0.717) is 0 Å². The average molecular weight is 311 g/mol. The molecule has 2 fully saturated rings. The third-order valence-electron chi connectivity index (χ3n) is 4.43. The number of hydrogen-bond acceptors (Lipinski definition) is 4. The Balaban J connectivity index is 2.44. The molecular formula is C17H29NO4. The van der Waals surface area contributed by atoms with Crippen molar-refractivity contribution in [2.24, 2.45) is 10.8 Å². The molecule has 2 unspecified atom stereocenters. The van der Waals surface area contributed by atoms with Crippen LogP contribution in [0.25, 0.3) is 0 Å². The van der Waals surface area contributed by atoms with Crippen LogP contribution >= 0.6 is 0 Å². The van der Waals surface area contributed by atoms with Crippen LogP contribution < -0.4 is 0 Å². The van der Waals surface area contributed by atoms with Gasteiger partial charge in [0.2, 0.25) is 0 Å². The maximum atomic E-state index is 12.7. The van der Waals surface area contributed by atoms with Crippen LogP contribution in [0.3, 0.4) is 0 Å². The Hall–Kier alpha value is -0.940. The largest absolute Gasteiger partial charge is 0.332 e. The standard InChI is InChI=1S/C17H29NO4/c1-14(2,3)17(15(4,5)6)21-10-11(22-17)13(20)18(12(10)19)16(7,8)9/h10-11H,1-9H3. The minimum absolute atomic E-state index is 0.294. The highest BCUT2D eigenvalue weighted by Gasteiger charge is 2.68. The summed E-state index contributed by atoms with van der Waals surface area (Å²) >= 11 is 0. The lowest BCUT2D eigenvalue weighted by molar-refractivity contribution is -0.293. The summed E-state index contributed by atoms with van der Waals surface area (Å²) < 4.78 is 12.4. The SMILES string of the molecule is CC(C)(C)N1C(=O)C2OC(C(C)(C)C)(C(C)(C)C)OC2C1=O. The fourth-order valence-corrected chi connectivity index (χ4v) is 3.73. The second-order valence-electron chi connectivity index (χ2n) is 9.38. The first-order chi connectivity index (χ1) is 9.63. The van der Waals surface area contributed by atoms with Gasteiger partial charge in [-0.15, -0.1) is 0 Å². The van der Waals surface area contributed by atoms with Crippen molar-refractivity contribution in [1.29, 1.82) is 0 Å². The van der Waals surface area contributed by atoms with Gasteiger partial charge in [0, 0.05) is 16.4 Å². The van der Waals surface area contributed by atoms with Gasteiger partial charge in [0.1, 0.15) is 0 Å². The molecule has 2 aliphatic heterocycles. The van der Waals surface area contributed by atoms with Gasteiger partial charge in [0.05, 0.1) is 0 Å². The van der Waals surface area contributed by atoms with E-state index in [-0.39, 0.29) is 22.6 Å². The van der Waals surface area contributed by atoms with Crippen LogP contribution in [0.1, 0.15) is 62.3 Å². The lowest BCUT2D eigenvalue weighted by atomic mass is 9.70. The summed E-state index contributed by atoms with van der Waals surface area (Å²) in [6.07, 6.45) is -1.68. The van der Waals surface area contributed by atoms with E-state index in [0.717, 1.165) is 0 Å². The van der Waals surface area contributed by atoms with Crippen molar-refractivity contribution in [2.75, 3.05) is 0 Å². The van der Waals surface area contributed by atoms with E-state index in [2.05, 4.69) is 0 Å². The van der Waals surface area contributed by atoms with Gasteiger partial charge in [-0.25, -0.2) is 0 Å². The van der Waals surface area contributed by atoms with E-state index in [4.69, 9.17) is 9.47 Å². The van der Waals surface area contributed by atoms with Crippen LogP contribution in [0.2, 0.25) is 0 Å². The molecule has 2 saturated heterocycles. The highest BCUT2D eigenvalue weighted by molar-refractivity contribution is 6.09. The van der Waals surface area contributed by atoms with Gasteiger partial charge < -0.3 is 9.47 Å². The van der Waals surface area contributed by atoms with Crippen molar-refractivity contribution in [1.82, 2.24) is 4.90 Å². The molecule has 0 spiro atoms. The molecule has 5 heteroatoms. The molecule has 0 N–H and O–H groups in total. The zero-order chi connectivity index (χ0) is 17.3. The predicted molar refractivity (Wildman–Crippen MR) is 83.0 cm³/mol. The lowest BCUT2D eigenvalue weighted by Crippen LogP contribution is -2.57. The molecule has 2 atom stereocenters. The van der Waals surface area contributed by atoms with Crippen molar-refractivity contribution >= 4 is 11.8 Å². The molecule has 126 valence electrons. The molecule has 0 aliphatic carbocycles. The molecular weight excluding hydrogens is 282 g/mol. The van der Waals surface area contributed by atoms with Gasteiger partial charge in [0.25, 0.3) is 11.8 Å². The summed E-state index contributed by atoms with van der Waals surface area (Å²) in [5, 5.41) is 0. The van der Waals surface area contributed by atoms with Crippen molar-refractivity contribution in [3.8, 4) is 0 Å². The van der Waals surface area contributed by atoms with Crippen molar-refractivity contribution in [3.63, 3.8) is 0 Å². The summed E-state index contributed by atoms with van der Waals surface area (Å²) in [6, 6.07) is 0. The molecule has 2 aliphatic rings. The monoisotopic (exact) mass is 311 g/mol. The summed E-state index contributed by atoms with van der Waals surface area (Å²) in [7, 11) is 0. The molecule has 2 heterocycles. The van der Waals surface area contributed by atoms with Gasteiger partial charge >= 0.3 is 0 Å². The first kappa shape index (κ1) is 17.4. The van der Waals surface area contributed by atoms with Gasteiger partial charge in [0.15, 0.2) is 18.0 Å². The number of ether oxygens (including phenoxy) is 2. The Morgan fingerprint density at radius 2 is 1.09 bits per heavy atom. The zero-order valence-electron chi connectivity index (χ0n) is 15.2. The average Bonchev–Trinajstić information content (AvgIpc) is 2.74. The third kappa shape index (κ3) is 2.21. The van der Waals surface area contributed by atoms with E-state index in [1.54, 1.807) is 0 Å². The first-order valence-corrected chi connectivity index (χ1v) is 7.87. The Kier molecular flexibility index (Phi) is 3.59. The van der Waals surface area contributed by atoms with Crippen molar-refractivity contribution < 1.29 is 19.1 Å². The Morgan fingerprint density at radius 1 is 0.773 bits per heavy atom. The Labute approximate surface area is 133 Å². The first-order valence-electron chi connectivity index (χ1n) is 7.87. The van der Waals surface area contributed by atoms with Gasteiger partial charge in [-0.05, 0) is 20.8 Å². The fraction of sp³-hybridized carbons (Fsp3) is 0.882. The number of carbonyl (C=O) groups is 2. The van der Waals surface area contributed by atoms with Crippen LogP contribution in [0, 0.1) is 10.8 Å². The van der Waals surface area contributed by atoms with Crippen LogP contribution in [-0.4, -0.2) is 40.2 Å². The molecule has 0 aromatic rings. The number of nitrogens with zero attached hydrogens (tertiary/aromatic N) is 1. The highest BCUT2D eigenvalue weighted by Crippen LogP contribution is 2.54. The Bertz CT molecular complexity index is 464. The number of hydrogen-bond donors (Lipinski definition) is 0. The van der Waals surface area contributed by atoms with Crippen molar-refractivity contribution in [3.05, 3.63) is 0 Å². The van der Waals surface area contributed by atoms with E-state index in [9.17, 15) is 9.59 Å². The second kappa shape index (κ2) is 4.54. The number of carbonyl (C=O) groups excluding carboxylic acids is 2. The molecule has 0 aromatic heterocycles. The molecule has 2 rings (SSSR count). The summed E-state index contributed by atoms with van der Waals surface area (Å²) in [5.74, 6) is -1.57. The number of imide groups is 1. The van der Waals surface area contributed by atoms with Crippen LogP contribution in [0.4, 0.5) is 0 Å². The topological polar surface area (TPSA) is 55.8 Å². The van der Waals surface area contributed by atoms with Crippen molar-refractivity contribution in [2.45, 2.75) is 85.8 Å². The smallest absolute Gasteiger partial charge is 0.262 e. The minimum Gasteiger partial charge on any atom is -0.332 e. The van der Waals surface area contributed by atoms with E-state index in [1.807, 2.05) is 62.3 Å². The number of likely N-dealkylation sites (tertiary alicyclic amines) is 1. The minimum atomic E-state index is -0.982. The molecule has 2 amide bonds. The summed E-state index contributed by atoms with van der Waals surface area (Å²) in [4.78, 5) is 26.6. The lowest BCUT2D eigenvalue weighted by Gasteiger charge is -2.49. The predicted octanol–water partition coefficient (Wildman–Crippen LogP) is 2.73. The third-order valence-corrected chi connectivity index (χ3v) is 4.43. The van der Waals surface area contributed by atoms with Gasteiger partial charge in [-0.1, -0.05) is 41.5 Å². The normalized spacial score (nSPS) is 29.2. The number of amides is 2. The molecule has 0 saturated carbocycles. The maximum absolute atomic E-state index is 12.7. The quantitative estimate of drug-likeness (QED) is 0.646. The molecule has 5 nitrogen and oxygen atoms in total. The highest BCUT2D eigenvalue weighted by atomic mass is 16.8. The number of rotatable bonds is 0. The van der Waals surface area contributed by atoms with Gasteiger partial charge in [-0.2, -0.15) is 0 Å². The molecule has 22 heavy (non-hydrogen) atoms. The Morgan fingerprint density at radius 3 is 1.32 bits per heavy atom. The maximum Gasteiger partial charge on any atom is 0.262 e. The van der Waals surface area contributed by atoms with Gasteiger partial charge in [-0.3, -0.25) is 14.5 Å². The molecule has 0 aromatic carbocycles. The van der Waals surface area contributed by atoms with Crippen LogP contribution in [0.15, 0.2) is 0 Å². The zero-order valence-corrected chi connectivity index (χ0v) is 15.2. The number of fused-ring (bicyclic) bond motifs is 1. The van der Waals surface area contributed by atoms with E-state index < -0.39 is 23.5 Å². The van der Waals surface area contributed by atoms with Crippen LogP contribution in [0.5, 0.6) is 0 Å². The van der Waals surface area contributed by atoms with Crippen LogP contribution in [-0.2, 0) is 19.1 Å². The summed E-state index contributed by atoms with van der Waals surface area (Å²) in [5.41, 5.74) is -1.32. The second-order valence-corrected chi connectivity index (χ2v) is 9.38. The fourth-order valence-electron chi connectivity index (χ4n) is 3.73. The molecule has 0 radical (unpaired) electrons. The molecule has 0 bridgehead atoms. The van der Waals surface area contributed by atoms with E-state index >= 15 is 0 Å².